The number of para-hydroxylation sites is 2. The predicted molar refractivity (Wildman–Crippen MR) is 60.4 cm³/mol. The zero-order valence-electron chi connectivity index (χ0n) is 9.04. The molecule has 0 fully saturated rings. The maximum atomic E-state index is 10.7. The van der Waals surface area contributed by atoms with E-state index in [0.717, 1.165) is 0 Å². The van der Waals surface area contributed by atoms with Crippen molar-refractivity contribution in [2.45, 2.75) is 12.5 Å². The number of primary amides is 1. The highest BCUT2D eigenvalue weighted by Crippen LogP contribution is 2.25. The largest absolute Gasteiger partial charge is 0.487 e. The normalized spacial score (nSPS) is 11.8. The Bertz CT molecular complexity index is 422. The van der Waals surface area contributed by atoms with E-state index >= 15 is 0 Å². The molecular formula is C10H13N3O4. The first kappa shape index (κ1) is 12.9. The summed E-state index contributed by atoms with van der Waals surface area (Å²) < 4.78 is 5.19. The van der Waals surface area contributed by atoms with Crippen molar-refractivity contribution in [3.8, 4) is 5.75 Å². The summed E-state index contributed by atoms with van der Waals surface area (Å²) in [6.07, 6.45) is 0.210. The van der Waals surface area contributed by atoms with Crippen LogP contribution in [0.1, 0.15) is 6.42 Å². The molecule has 0 aliphatic carbocycles. The van der Waals surface area contributed by atoms with E-state index in [1.807, 2.05) is 0 Å². The van der Waals surface area contributed by atoms with E-state index in [2.05, 4.69) is 0 Å². The van der Waals surface area contributed by atoms with Gasteiger partial charge in [0.15, 0.2) is 5.75 Å². The second-order valence-corrected chi connectivity index (χ2v) is 3.37. The minimum Gasteiger partial charge on any atom is -0.487 e. The van der Waals surface area contributed by atoms with Crippen LogP contribution < -0.4 is 16.2 Å². The van der Waals surface area contributed by atoms with E-state index in [1.165, 1.54) is 12.1 Å². The molecule has 7 nitrogen and oxygen atoms in total. The Morgan fingerprint density at radius 3 is 2.71 bits per heavy atom. The van der Waals surface area contributed by atoms with Gasteiger partial charge in [0.1, 0.15) is 0 Å². The number of amides is 1. The summed E-state index contributed by atoms with van der Waals surface area (Å²) in [7, 11) is 0. The average molecular weight is 239 g/mol. The van der Waals surface area contributed by atoms with Crippen molar-refractivity contribution >= 4 is 11.6 Å². The van der Waals surface area contributed by atoms with Crippen LogP contribution >= 0.6 is 0 Å². The van der Waals surface area contributed by atoms with Crippen molar-refractivity contribution < 1.29 is 14.5 Å². The molecule has 1 amide bonds. The van der Waals surface area contributed by atoms with Crippen molar-refractivity contribution in [2.24, 2.45) is 11.5 Å². The van der Waals surface area contributed by atoms with Crippen molar-refractivity contribution in [1.82, 2.24) is 0 Å². The number of nitrogens with two attached hydrogens (primary N) is 2. The van der Waals surface area contributed by atoms with Gasteiger partial charge in [-0.05, 0) is 6.07 Å². The van der Waals surface area contributed by atoms with Crippen LogP contribution in [-0.2, 0) is 4.79 Å². The van der Waals surface area contributed by atoms with Crippen LogP contribution in [0.3, 0.4) is 0 Å². The number of nitro benzene ring substituents is 1. The molecule has 0 heterocycles. The Kier molecular flexibility index (Phi) is 4.41. The lowest BCUT2D eigenvalue weighted by Gasteiger charge is -2.09. The molecule has 1 atom stereocenters. The third kappa shape index (κ3) is 3.72. The highest BCUT2D eigenvalue weighted by molar-refractivity contribution is 5.79. The van der Waals surface area contributed by atoms with E-state index in [4.69, 9.17) is 16.2 Å². The van der Waals surface area contributed by atoms with Crippen molar-refractivity contribution in [1.29, 1.82) is 0 Å². The number of nitro groups is 1. The second kappa shape index (κ2) is 5.80. The average Bonchev–Trinajstić information content (AvgIpc) is 2.29. The number of rotatable bonds is 6. The molecule has 1 aromatic carbocycles. The second-order valence-electron chi connectivity index (χ2n) is 3.37. The van der Waals surface area contributed by atoms with E-state index in [-0.39, 0.29) is 24.5 Å². The molecule has 0 aromatic heterocycles. The van der Waals surface area contributed by atoms with Gasteiger partial charge in [-0.25, -0.2) is 0 Å². The molecule has 0 aliphatic rings. The standard InChI is InChI=1S/C10H13N3O4/c11-7(10(12)14)5-6-17-9-4-2-1-3-8(9)13(15)16/h1-4,7H,5-6,11H2,(H2,12,14). The van der Waals surface area contributed by atoms with E-state index in [0.29, 0.717) is 0 Å². The molecular weight excluding hydrogens is 226 g/mol. The third-order valence-electron chi connectivity index (χ3n) is 2.11. The van der Waals surface area contributed by atoms with Crippen LogP contribution in [0.2, 0.25) is 0 Å². The Labute approximate surface area is 97.5 Å². The van der Waals surface area contributed by atoms with Crippen LogP contribution in [0.15, 0.2) is 24.3 Å². The van der Waals surface area contributed by atoms with Crippen molar-refractivity contribution in [3.05, 3.63) is 34.4 Å². The summed E-state index contributed by atoms with van der Waals surface area (Å²) in [5, 5.41) is 10.7. The highest BCUT2D eigenvalue weighted by Gasteiger charge is 2.14. The fourth-order valence-electron chi connectivity index (χ4n) is 1.17. The molecule has 0 spiro atoms. The first-order valence-electron chi connectivity index (χ1n) is 4.93. The Morgan fingerprint density at radius 2 is 2.12 bits per heavy atom. The lowest BCUT2D eigenvalue weighted by molar-refractivity contribution is -0.385. The zero-order chi connectivity index (χ0) is 12.8. The molecule has 4 N–H and O–H groups in total. The van der Waals surface area contributed by atoms with Gasteiger partial charge in [-0.15, -0.1) is 0 Å². The van der Waals surface area contributed by atoms with E-state index < -0.39 is 16.9 Å². The zero-order valence-corrected chi connectivity index (χ0v) is 9.04. The monoisotopic (exact) mass is 239 g/mol. The van der Waals surface area contributed by atoms with Crippen molar-refractivity contribution in [2.75, 3.05) is 6.61 Å². The summed E-state index contributed by atoms with van der Waals surface area (Å²) in [5.41, 5.74) is 10.2. The molecule has 1 aromatic rings. The molecule has 0 radical (unpaired) electrons. The number of carbonyl (C=O) groups is 1. The van der Waals surface area contributed by atoms with Crippen LogP contribution in [0.5, 0.6) is 5.75 Å². The molecule has 7 heteroatoms. The topological polar surface area (TPSA) is 121 Å². The van der Waals surface area contributed by atoms with Crippen LogP contribution in [-0.4, -0.2) is 23.5 Å². The van der Waals surface area contributed by atoms with Gasteiger partial charge in [-0.2, -0.15) is 0 Å². The highest BCUT2D eigenvalue weighted by atomic mass is 16.6. The first-order valence-corrected chi connectivity index (χ1v) is 4.93. The minimum atomic E-state index is -0.808. The lowest BCUT2D eigenvalue weighted by atomic mass is 10.2. The molecule has 92 valence electrons. The van der Waals surface area contributed by atoms with Gasteiger partial charge < -0.3 is 16.2 Å². The van der Waals surface area contributed by atoms with Crippen LogP contribution in [0, 0.1) is 10.1 Å². The molecule has 0 aliphatic heterocycles. The smallest absolute Gasteiger partial charge is 0.310 e. The molecule has 0 bridgehead atoms. The van der Waals surface area contributed by atoms with Gasteiger partial charge in [0, 0.05) is 12.5 Å². The SMILES string of the molecule is NC(=O)C(N)CCOc1ccccc1[N+](=O)[O-]. The Morgan fingerprint density at radius 1 is 1.47 bits per heavy atom. The molecule has 1 unspecified atom stereocenters. The number of carbonyl (C=O) groups excluding carboxylic acids is 1. The van der Waals surface area contributed by atoms with Crippen molar-refractivity contribution in [3.63, 3.8) is 0 Å². The fraction of sp³-hybridized carbons (Fsp3) is 0.300. The summed E-state index contributed by atoms with van der Waals surface area (Å²) in [5.74, 6) is -0.481. The number of hydrogen-bond acceptors (Lipinski definition) is 5. The number of benzene rings is 1. The Balaban J connectivity index is 2.58. The quantitative estimate of drug-likeness (QED) is 0.541. The van der Waals surface area contributed by atoms with E-state index in [9.17, 15) is 14.9 Å². The van der Waals surface area contributed by atoms with Gasteiger partial charge in [0.05, 0.1) is 17.6 Å². The minimum absolute atomic E-state index is 0.0922. The lowest BCUT2D eigenvalue weighted by Crippen LogP contribution is -2.37. The number of hydrogen-bond donors (Lipinski definition) is 2. The van der Waals surface area contributed by atoms with Gasteiger partial charge in [-0.1, -0.05) is 12.1 Å². The summed E-state index contributed by atoms with van der Waals surface area (Å²) in [4.78, 5) is 20.8. The summed E-state index contributed by atoms with van der Waals surface area (Å²) >= 11 is 0. The molecule has 0 saturated carbocycles. The van der Waals surface area contributed by atoms with Gasteiger partial charge in [-0.3, -0.25) is 14.9 Å². The van der Waals surface area contributed by atoms with Crippen LogP contribution in [0.25, 0.3) is 0 Å². The summed E-state index contributed by atoms with van der Waals surface area (Å²) in [6, 6.07) is 5.17. The van der Waals surface area contributed by atoms with Gasteiger partial charge in [0.25, 0.3) is 0 Å². The van der Waals surface area contributed by atoms with Crippen LogP contribution in [0.4, 0.5) is 5.69 Å². The Hall–Kier alpha value is -2.15. The molecule has 1 rings (SSSR count). The van der Waals surface area contributed by atoms with E-state index in [1.54, 1.807) is 12.1 Å². The predicted octanol–water partition coefficient (Wildman–Crippen LogP) is 0.176. The summed E-state index contributed by atoms with van der Waals surface area (Å²) in [6.45, 7) is 0.0922. The molecule has 17 heavy (non-hydrogen) atoms. The maximum Gasteiger partial charge on any atom is 0.310 e. The molecule has 0 saturated heterocycles. The third-order valence-corrected chi connectivity index (χ3v) is 2.11. The van der Waals surface area contributed by atoms with Gasteiger partial charge in [0.2, 0.25) is 5.91 Å². The number of ether oxygens (including phenoxy) is 1. The van der Waals surface area contributed by atoms with Gasteiger partial charge >= 0.3 is 5.69 Å². The number of nitrogens with zero attached hydrogens (tertiary/aromatic N) is 1. The fourth-order valence-corrected chi connectivity index (χ4v) is 1.17. The first-order chi connectivity index (χ1) is 8.02. The maximum absolute atomic E-state index is 10.7.